The molecule has 5 heteroatoms. The molecule has 0 aliphatic carbocycles. The number of benzene rings is 2. The lowest BCUT2D eigenvalue weighted by molar-refractivity contribution is -0.137. The van der Waals surface area contributed by atoms with Gasteiger partial charge in [0.1, 0.15) is 5.82 Å². The molecule has 2 rings (SSSR count). The van der Waals surface area contributed by atoms with Crippen LogP contribution in [-0.2, 0) is 16.0 Å². The van der Waals surface area contributed by atoms with E-state index in [0.29, 0.717) is 12.8 Å². The van der Waals surface area contributed by atoms with E-state index in [9.17, 15) is 14.0 Å². The summed E-state index contributed by atoms with van der Waals surface area (Å²) in [7, 11) is 0. The van der Waals surface area contributed by atoms with Crippen molar-refractivity contribution in [1.29, 1.82) is 0 Å². The summed E-state index contributed by atoms with van der Waals surface area (Å²) >= 11 is 0. The smallest absolute Gasteiger partial charge is 0.303 e. The largest absolute Gasteiger partial charge is 0.481 e. The predicted octanol–water partition coefficient (Wildman–Crippen LogP) is 3.91. The Morgan fingerprint density at radius 1 is 1.08 bits per heavy atom. The molecule has 0 fully saturated rings. The molecule has 2 atom stereocenters. The first-order chi connectivity index (χ1) is 12.4. The highest BCUT2D eigenvalue weighted by atomic mass is 19.1. The van der Waals surface area contributed by atoms with Crippen LogP contribution in [0, 0.1) is 5.82 Å². The van der Waals surface area contributed by atoms with E-state index in [-0.39, 0.29) is 36.5 Å². The third-order valence-electron chi connectivity index (χ3n) is 4.33. The highest BCUT2D eigenvalue weighted by Crippen LogP contribution is 2.19. The van der Waals surface area contributed by atoms with E-state index in [2.05, 4.69) is 5.32 Å². The van der Waals surface area contributed by atoms with Gasteiger partial charge in [0, 0.05) is 18.9 Å². The van der Waals surface area contributed by atoms with Crippen LogP contribution in [0.5, 0.6) is 0 Å². The molecule has 138 valence electrons. The zero-order valence-electron chi connectivity index (χ0n) is 14.8. The Morgan fingerprint density at radius 2 is 1.73 bits per heavy atom. The van der Waals surface area contributed by atoms with E-state index < -0.39 is 5.97 Å². The van der Waals surface area contributed by atoms with E-state index in [1.165, 1.54) is 12.1 Å². The zero-order valence-corrected chi connectivity index (χ0v) is 14.8. The standard InChI is InChI=1S/C21H24FNO3/c1-15(17-7-9-18(22)10-8-17)13-20(24)23-19(11-12-21(25)26)14-16-5-3-2-4-6-16/h2-10,15,19H,11-14H2,1H3,(H,23,24)(H,25,26). The third-order valence-corrected chi connectivity index (χ3v) is 4.33. The van der Waals surface area contributed by atoms with Gasteiger partial charge in [0.05, 0.1) is 0 Å². The molecule has 0 radical (unpaired) electrons. The topological polar surface area (TPSA) is 66.4 Å². The van der Waals surface area contributed by atoms with E-state index in [1.54, 1.807) is 12.1 Å². The number of hydrogen-bond acceptors (Lipinski definition) is 2. The summed E-state index contributed by atoms with van der Waals surface area (Å²) in [5, 5.41) is 11.9. The van der Waals surface area contributed by atoms with Gasteiger partial charge in [-0.1, -0.05) is 49.4 Å². The fraction of sp³-hybridized carbons (Fsp3) is 0.333. The van der Waals surface area contributed by atoms with Gasteiger partial charge in [0.25, 0.3) is 0 Å². The van der Waals surface area contributed by atoms with E-state index in [0.717, 1.165) is 11.1 Å². The van der Waals surface area contributed by atoms with Crippen molar-refractivity contribution in [2.24, 2.45) is 0 Å². The Kier molecular flexibility index (Phi) is 7.33. The number of nitrogens with one attached hydrogen (secondary N) is 1. The molecule has 2 unspecified atom stereocenters. The van der Waals surface area contributed by atoms with Gasteiger partial charge in [-0.25, -0.2) is 4.39 Å². The van der Waals surface area contributed by atoms with Gasteiger partial charge in [-0.05, 0) is 42.0 Å². The molecule has 0 aromatic heterocycles. The van der Waals surface area contributed by atoms with Gasteiger partial charge >= 0.3 is 5.97 Å². The van der Waals surface area contributed by atoms with Crippen LogP contribution in [0.3, 0.4) is 0 Å². The van der Waals surface area contributed by atoms with E-state index in [1.807, 2.05) is 37.3 Å². The van der Waals surface area contributed by atoms with Crippen LogP contribution in [0.15, 0.2) is 54.6 Å². The van der Waals surface area contributed by atoms with E-state index >= 15 is 0 Å². The number of hydrogen-bond donors (Lipinski definition) is 2. The number of carbonyl (C=O) groups is 2. The fourth-order valence-corrected chi connectivity index (χ4v) is 2.90. The number of carboxylic acids is 1. The van der Waals surface area contributed by atoms with Crippen molar-refractivity contribution in [3.63, 3.8) is 0 Å². The lowest BCUT2D eigenvalue weighted by atomic mass is 9.96. The van der Waals surface area contributed by atoms with Crippen molar-refractivity contribution >= 4 is 11.9 Å². The average Bonchev–Trinajstić information content (AvgIpc) is 2.61. The molecule has 1 amide bonds. The van der Waals surface area contributed by atoms with Crippen LogP contribution in [0.25, 0.3) is 0 Å². The zero-order chi connectivity index (χ0) is 18.9. The van der Waals surface area contributed by atoms with Crippen molar-refractivity contribution in [1.82, 2.24) is 5.32 Å². The van der Waals surface area contributed by atoms with Crippen LogP contribution in [0.2, 0.25) is 0 Å². The Morgan fingerprint density at radius 3 is 2.35 bits per heavy atom. The molecule has 2 aromatic carbocycles. The molecule has 0 aliphatic heterocycles. The maximum atomic E-state index is 13.0. The molecule has 26 heavy (non-hydrogen) atoms. The molecule has 4 nitrogen and oxygen atoms in total. The Labute approximate surface area is 153 Å². The average molecular weight is 357 g/mol. The summed E-state index contributed by atoms with van der Waals surface area (Å²) in [6, 6.07) is 15.6. The summed E-state index contributed by atoms with van der Waals surface area (Å²) in [6.45, 7) is 1.91. The van der Waals surface area contributed by atoms with Gasteiger partial charge in [0.15, 0.2) is 0 Å². The molecule has 0 aliphatic rings. The first-order valence-corrected chi connectivity index (χ1v) is 8.74. The number of rotatable bonds is 9. The van der Waals surface area contributed by atoms with E-state index in [4.69, 9.17) is 5.11 Å². The maximum Gasteiger partial charge on any atom is 0.303 e. The third kappa shape index (κ3) is 6.67. The number of aliphatic carboxylic acids is 1. The first kappa shape index (κ1) is 19.6. The highest BCUT2D eigenvalue weighted by Gasteiger charge is 2.17. The van der Waals surface area contributed by atoms with Crippen molar-refractivity contribution in [2.75, 3.05) is 0 Å². The second-order valence-corrected chi connectivity index (χ2v) is 6.54. The second kappa shape index (κ2) is 9.70. The summed E-state index contributed by atoms with van der Waals surface area (Å²) in [6.07, 6.45) is 1.24. The van der Waals surface area contributed by atoms with Gasteiger partial charge in [-0.15, -0.1) is 0 Å². The number of halogens is 1. The van der Waals surface area contributed by atoms with Crippen LogP contribution in [0.1, 0.15) is 43.2 Å². The first-order valence-electron chi connectivity index (χ1n) is 8.74. The molecular formula is C21H24FNO3. The highest BCUT2D eigenvalue weighted by molar-refractivity contribution is 5.77. The van der Waals surface area contributed by atoms with Crippen molar-refractivity contribution in [3.05, 3.63) is 71.5 Å². The summed E-state index contributed by atoms with van der Waals surface area (Å²) in [5.74, 6) is -1.36. The van der Waals surface area contributed by atoms with Gasteiger partial charge in [0.2, 0.25) is 5.91 Å². The minimum Gasteiger partial charge on any atom is -0.481 e. The maximum absolute atomic E-state index is 13.0. The lowest BCUT2D eigenvalue weighted by Gasteiger charge is -2.20. The van der Waals surface area contributed by atoms with Crippen LogP contribution in [-0.4, -0.2) is 23.0 Å². The number of carbonyl (C=O) groups excluding carboxylic acids is 1. The SMILES string of the molecule is CC(CC(=O)NC(CCC(=O)O)Cc1ccccc1)c1ccc(F)cc1. The van der Waals surface area contributed by atoms with Gasteiger partial charge < -0.3 is 10.4 Å². The predicted molar refractivity (Wildman–Crippen MR) is 98.4 cm³/mol. The molecule has 0 heterocycles. The van der Waals surface area contributed by atoms with Gasteiger partial charge in [-0.3, -0.25) is 9.59 Å². The number of amides is 1. The van der Waals surface area contributed by atoms with Crippen LogP contribution in [0.4, 0.5) is 4.39 Å². The molecule has 0 spiro atoms. The fourth-order valence-electron chi connectivity index (χ4n) is 2.90. The minimum absolute atomic E-state index is 0.00525. The molecule has 2 N–H and O–H groups in total. The van der Waals surface area contributed by atoms with Crippen molar-refractivity contribution in [2.45, 2.75) is 44.6 Å². The number of carboxylic acid groups (broad SMARTS) is 1. The molecule has 0 saturated heterocycles. The summed E-state index contributed by atoms with van der Waals surface area (Å²) in [4.78, 5) is 23.3. The Bertz CT molecular complexity index is 716. The van der Waals surface area contributed by atoms with Gasteiger partial charge in [-0.2, -0.15) is 0 Å². The molecular weight excluding hydrogens is 333 g/mol. The van der Waals surface area contributed by atoms with Crippen molar-refractivity contribution in [3.8, 4) is 0 Å². The lowest BCUT2D eigenvalue weighted by Crippen LogP contribution is -2.37. The second-order valence-electron chi connectivity index (χ2n) is 6.54. The van der Waals surface area contributed by atoms with Crippen LogP contribution < -0.4 is 5.32 Å². The van der Waals surface area contributed by atoms with Crippen molar-refractivity contribution < 1.29 is 19.1 Å². The van der Waals surface area contributed by atoms with Crippen LogP contribution >= 0.6 is 0 Å². The molecule has 0 bridgehead atoms. The quantitative estimate of drug-likeness (QED) is 0.715. The summed E-state index contributed by atoms with van der Waals surface area (Å²) in [5.41, 5.74) is 1.95. The monoisotopic (exact) mass is 357 g/mol. The normalized spacial score (nSPS) is 13.0. The minimum atomic E-state index is -0.878. The Balaban J connectivity index is 1.95. The Hall–Kier alpha value is -2.69. The molecule has 2 aromatic rings. The summed E-state index contributed by atoms with van der Waals surface area (Å²) < 4.78 is 13.0. The molecule has 0 saturated carbocycles.